The van der Waals surface area contributed by atoms with Crippen LogP contribution in [0.15, 0.2) is 44.4 Å². The van der Waals surface area contributed by atoms with Gasteiger partial charge < -0.3 is 14.4 Å². The van der Waals surface area contributed by atoms with Crippen LogP contribution in [-0.2, 0) is 23.9 Å². The van der Waals surface area contributed by atoms with E-state index in [0.717, 1.165) is 27.3 Å². The Labute approximate surface area is 218 Å². The molecule has 35 heavy (non-hydrogen) atoms. The monoisotopic (exact) mass is 531 g/mol. The van der Waals surface area contributed by atoms with Crippen LogP contribution in [0.3, 0.4) is 0 Å². The molecule has 0 bridgehead atoms. The highest BCUT2D eigenvalue weighted by Gasteiger charge is 2.53. The van der Waals surface area contributed by atoms with E-state index in [-0.39, 0.29) is 25.1 Å². The standard InChI is InChI=1S/C26H29NO5S3/c1-7-20(28)27-17-11-10-15(4)12-16(17)21-22(25(27,5)6)34-18(23(29)31-8-2)13-26(21)33-14-19(35-26)24(30)32-9-3/h10-14H,7-9H2,1-6H3/t26-/m0/s1. The number of hydrogen-bond donors (Lipinski definition) is 0. The maximum Gasteiger partial charge on any atom is 0.345 e. The molecule has 0 N–H and O–H groups in total. The third kappa shape index (κ3) is 4.36. The van der Waals surface area contributed by atoms with Gasteiger partial charge in [0.1, 0.15) is 8.98 Å². The number of benzene rings is 1. The van der Waals surface area contributed by atoms with Gasteiger partial charge in [-0.05, 0) is 58.2 Å². The van der Waals surface area contributed by atoms with Crippen LogP contribution < -0.4 is 4.90 Å². The molecule has 0 aromatic heterocycles. The lowest BCUT2D eigenvalue weighted by Crippen LogP contribution is -2.52. The number of nitrogens with zero attached hydrogens (tertiary/aromatic N) is 1. The van der Waals surface area contributed by atoms with Gasteiger partial charge in [0.05, 0.1) is 29.3 Å². The van der Waals surface area contributed by atoms with Crippen LogP contribution in [-0.4, -0.2) is 40.7 Å². The first-order valence-electron chi connectivity index (χ1n) is 11.6. The smallest absolute Gasteiger partial charge is 0.345 e. The Balaban J connectivity index is 1.96. The van der Waals surface area contributed by atoms with Gasteiger partial charge in [-0.2, -0.15) is 0 Å². The first-order chi connectivity index (χ1) is 16.6. The molecule has 3 heterocycles. The van der Waals surface area contributed by atoms with Crippen LogP contribution in [0.2, 0.25) is 0 Å². The molecular formula is C26H29NO5S3. The number of carbonyl (C=O) groups is 3. The van der Waals surface area contributed by atoms with Crippen LogP contribution in [0.25, 0.3) is 5.57 Å². The predicted molar refractivity (Wildman–Crippen MR) is 145 cm³/mol. The molecule has 6 nitrogen and oxygen atoms in total. The lowest BCUT2D eigenvalue weighted by molar-refractivity contribution is -0.138. The van der Waals surface area contributed by atoms with E-state index in [4.69, 9.17) is 9.47 Å². The molecular weight excluding hydrogens is 502 g/mol. The van der Waals surface area contributed by atoms with Gasteiger partial charge in [-0.3, -0.25) is 4.79 Å². The van der Waals surface area contributed by atoms with Crippen molar-refractivity contribution in [3.63, 3.8) is 0 Å². The topological polar surface area (TPSA) is 72.9 Å². The fourth-order valence-electron chi connectivity index (χ4n) is 4.51. The zero-order chi connectivity index (χ0) is 25.5. The van der Waals surface area contributed by atoms with Crippen molar-refractivity contribution >= 4 is 64.4 Å². The van der Waals surface area contributed by atoms with Gasteiger partial charge in [0.15, 0.2) is 0 Å². The third-order valence-corrected chi connectivity index (χ3v) is 10.2. The van der Waals surface area contributed by atoms with Crippen molar-refractivity contribution < 1.29 is 23.9 Å². The van der Waals surface area contributed by atoms with E-state index in [9.17, 15) is 14.4 Å². The number of ether oxygens (including phenoxy) is 2. The van der Waals surface area contributed by atoms with Crippen LogP contribution in [0.1, 0.15) is 52.2 Å². The van der Waals surface area contributed by atoms with E-state index in [0.29, 0.717) is 16.2 Å². The molecule has 0 aliphatic carbocycles. The van der Waals surface area contributed by atoms with Crippen molar-refractivity contribution in [1.82, 2.24) is 0 Å². The predicted octanol–water partition coefficient (Wildman–Crippen LogP) is 6.02. The summed E-state index contributed by atoms with van der Waals surface area (Å²) in [5.74, 6) is -0.783. The Hall–Kier alpha value is -2.10. The van der Waals surface area contributed by atoms with Crippen LogP contribution in [0.5, 0.6) is 0 Å². The minimum Gasteiger partial charge on any atom is -0.462 e. The van der Waals surface area contributed by atoms with Gasteiger partial charge in [-0.1, -0.05) is 42.1 Å². The number of rotatable bonds is 5. The largest absolute Gasteiger partial charge is 0.462 e. The number of aryl methyl sites for hydroxylation is 1. The SMILES string of the molecule is CCOC(=O)C1=C[C@@]2(SC=C(C(=O)OCC)S2)C2=C(S1)C(C)(C)N(C(=O)CC)c1ccc(C)cc12. The molecule has 4 rings (SSSR count). The Morgan fingerprint density at radius 2 is 1.66 bits per heavy atom. The molecule has 0 unspecified atom stereocenters. The minimum atomic E-state index is -0.772. The van der Waals surface area contributed by atoms with Crippen molar-refractivity contribution in [3.05, 3.63) is 55.5 Å². The Kier molecular flexibility index (Phi) is 7.23. The maximum absolute atomic E-state index is 13.3. The van der Waals surface area contributed by atoms with E-state index in [2.05, 4.69) is 6.07 Å². The third-order valence-electron chi connectivity index (χ3n) is 5.99. The molecule has 3 aliphatic rings. The second-order valence-corrected chi connectivity index (χ2v) is 12.5. The Bertz CT molecular complexity index is 1200. The van der Waals surface area contributed by atoms with Gasteiger partial charge >= 0.3 is 11.9 Å². The molecule has 0 radical (unpaired) electrons. The van der Waals surface area contributed by atoms with Gasteiger partial charge in [-0.25, -0.2) is 9.59 Å². The molecule has 1 atom stereocenters. The average Bonchev–Trinajstić information content (AvgIpc) is 3.23. The van der Waals surface area contributed by atoms with Gasteiger partial charge in [0.25, 0.3) is 0 Å². The number of esters is 2. The second kappa shape index (κ2) is 9.75. The number of fused-ring (bicyclic) bond motifs is 3. The van der Waals surface area contributed by atoms with E-state index in [1.54, 1.807) is 13.8 Å². The normalized spacial score (nSPS) is 22.3. The van der Waals surface area contributed by atoms with Crippen molar-refractivity contribution in [3.8, 4) is 0 Å². The van der Waals surface area contributed by atoms with E-state index >= 15 is 0 Å². The summed E-state index contributed by atoms with van der Waals surface area (Å²) in [7, 11) is 0. The summed E-state index contributed by atoms with van der Waals surface area (Å²) in [5, 5.41) is 1.81. The molecule has 0 saturated carbocycles. The summed E-state index contributed by atoms with van der Waals surface area (Å²) >= 11 is 4.22. The highest BCUT2D eigenvalue weighted by atomic mass is 32.2. The molecule has 1 aromatic carbocycles. The second-order valence-electron chi connectivity index (χ2n) is 8.79. The summed E-state index contributed by atoms with van der Waals surface area (Å²) in [6.45, 7) is 12.0. The fraction of sp³-hybridized carbons (Fsp3) is 0.423. The zero-order valence-electron chi connectivity index (χ0n) is 20.7. The van der Waals surface area contributed by atoms with Gasteiger partial charge in [0.2, 0.25) is 5.91 Å². The zero-order valence-corrected chi connectivity index (χ0v) is 23.2. The molecule has 186 valence electrons. The molecule has 0 fully saturated rings. The highest BCUT2D eigenvalue weighted by Crippen LogP contribution is 2.66. The molecule has 0 saturated heterocycles. The number of thioether (sulfide) groups is 3. The molecule has 1 aromatic rings. The van der Waals surface area contributed by atoms with Crippen molar-refractivity contribution in [2.24, 2.45) is 0 Å². The van der Waals surface area contributed by atoms with Crippen molar-refractivity contribution in [1.29, 1.82) is 0 Å². The molecule has 3 aliphatic heterocycles. The van der Waals surface area contributed by atoms with E-state index in [1.807, 2.05) is 56.2 Å². The Morgan fingerprint density at radius 1 is 1.00 bits per heavy atom. The van der Waals surface area contributed by atoms with Crippen LogP contribution >= 0.6 is 35.3 Å². The van der Waals surface area contributed by atoms with Crippen LogP contribution in [0.4, 0.5) is 5.69 Å². The van der Waals surface area contributed by atoms with Gasteiger partial charge in [0, 0.05) is 22.5 Å². The van der Waals surface area contributed by atoms with Crippen LogP contribution in [0, 0.1) is 6.92 Å². The number of carbonyl (C=O) groups excluding carboxylic acids is 3. The lowest BCUT2D eigenvalue weighted by Gasteiger charge is -2.49. The summed E-state index contributed by atoms with van der Waals surface area (Å²) in [6.07, 6.45) is 2.26. The van der Waals surface area contributed by atoms with Crippen molar-refractivity contribution in [2.75, 3.05) is 18.1 Å². The highest BCUT2D eigenvalue weighted by molar-refractivity contribution is 8.25. The first-order valence-corrected chi connectivity index (χ1v) is 14.1. The summed E-state index contributed by atoms with van der Waals surface area (Å²) in [4.78, 5) is 42.6. The fourth-order valence-corrected chi connectivity index (χ4v) is 8.89. The maximum atomic E-state index is 13.3. The molecule has 9 heteroatoms. The summed E-state index contributed by atoms with van der Waals surface area (Å²) < 4.78 is 9.87. The minimum absolute atomic E-state index is 0.00519. The quantitative estimate of drug-likeness (QED) is 0.428. The molecule has 1 amide bonds. The average molecular weight is 532 g/mol. The Morgan fingerprint density at radius 3 is 2.29 bits per heavy atom. The first kappa shape index (κ1) is 26.0. The number of anilines is 1. The summed E-state index contributed by atoms with van der Waals surface area (Å²) in [6, 6.07) is 6.09. The van der Waals surface area contributed by atoms with E-state index in [1.165, 1.54) is 35.3 Å². The lowest BCUT2D eigenvalue weighted by atomic mass is 9.84. The summed E-state index contributed by atoms with van der Waals surface area (Å²) in [5.41, 5.74) is 3.12. The number of amides is 1. The van der Waals surface area contributed by atoms with Gasteiger partial charge in [-0.15, -0.1) is 11.8 Å². The molecule has 1 spiro atoms. The van der Waals surface area contributed by atoms with Crippen molar-refractivity contribution in [2.45, 2.75) is 57.6 Å². The van der Waals surface area contributed by atoms with E-state index < -0.39 is 15.6 Å². The number of hydrogen-bond acceptors (Lipinski definition) is 8.